The number of pyridine rings is 1. The number of fused-ring (bicyclic) bond motifs is 3. The first-order chi connectivity index (χ1) is 17.3. The molecule has 2 N–H and O–H groups in total. The molecule has 1 fully saturated rings. The number of ether oxygens (including phenoxy) is 2. The summed E-state index contributed by atoms with van der Waals surface area (Å²) in [6, 6.07) is 7.92. The van der Waals surface area contributed by atoms with Crippen LogP contribution in [-0.4, -0.2) is 75.3 Å². The van der Waals surface area contributed by atoms with Crippen molar-refractivity contribution < 1.29 is 32.5 Å². The molecular weight excluding hydrogens is 479 g/mol. The molecule has 0 amide bonds. The van der Waals surface area contributed by atoms with Gasteiger partial charge in [0.05, 0.1) is 30.1 Å². The second kappa shape index (κ2) is 10.9. The summed E-state index contributed by atoms with van der Waals surface area (Å²) in [4.78, 5) is 19.4. The molecule has 36 heavy (non-hydrogen) atoms. The van der Waals surface area contributed by atoms with Gasteiger partial charge >= 0.3 is 12.1 Å². The van der Waals surface area contributed by atoms with E-state index in [0.717, 1.165) is 52.1 Å². The molecule has 1 aliphatic heterocycles. The maximum absolute atomic E-state index is 10.6. The number of halogens is 3. The summed E-state index contributed by atoms with van der Waals surface area (Å²) in [6.07, 6.45) is 4.02. The molecule has 4 aromatic rings. The van der Waals surface area contributed by atoms with E-state index in [1.165, 1.54) is 25.9 Å². The number of carboxylic acid groups (broad SMARTS) is 1. The van der Waals surface area contributed by atoms with Gasteiger partial charge in [-0.3, -0.25) is 0 Å². The zero-order valence-electron chi connectivity index (χ0n) is 19.6. The van der Waals surface area contributed by atoms with Gasteiger partial charge in [0.15, 0.2) is 17.3 Å². The zero-order valence-corrected chi connectivity index (χ0v) is 19.6. The number of nitrogens with one attached hydrogen (secondary N) is 1. The number of aromatic amines is 1. The third-order valence-corrected chi connectivity index (χ3v) is 5.81. The number of hydrogen-bond donors (Lipinski definition) is 2. The van der Waals surface area contributed by atoms with E-state index < -0.39 is 12.1 Å². The first-order valence-corrected chi connectivity index (χ1v) is 11.4. The fraction of sp³-hybridized carbons (Fsp3) is 0.375. The quantitative estimate of drug-likeness (QED) is 0.359. The smallest absolute Gasteiger partial charge is 0.490 e. The molecule has 12 heteroatoms. The molecule has 5 rings (SSSR count). The molecule has 3 aromatic heterocycles. The van der Waals surface area contributed by atoms with E-state index in [2.05, 4.69) is 20.0 Å². The van der Waals surface area contributed by atoms with Gasteiger partial charge in [0.1, 0.15) is 0 Å². The average molecular weight is 505 g/mol. The lowest BCUT2D eigenvalue weighted by molar-refractivity contribution is -0.192. The SMILES string of the molecule is COc1cc2c(cc1OCCCN1CCCC1)[nH]c1ccnc(-n3cccn3)c12.O=C(O)C(F)(F)F. The highest BCUT2D eigenvalue weighted by Crippen LogP contribution is 2.37. The number of aliphatic carboxylic acids is 1. The van der Waals surface area contributed by atoms with Gasteiger partial charge < -0.3 is 24.5 Å². The Balaban J connectivity index is 0.000000384. The van der Waals surface area contributed by atoms with Crippen LogP contribution in [0.3, 0.4) is 0 Å². The summed E-state index contributed by atoms with van der Waals surface area (Å²) in [7, 11) is 1.68. The molecule has 0 spiro atoms. The highest BCUT2D eigenvalue weighted by molar-refractivity contribution is 6.11. The summed E-state index contributed by atoms with van der Waals surface area (Å²) in [5.74, 6) is -0.469. The van der Waals surface area contributed by atoms with E-state index >= 15 is 0 Å². The van der Waals surface area contributed by atoms with Gasteiger partial charge in [-0.05, 0) is 50.6 Å². The molecule has 0 radical (unpaired) electrons. The van der Waals surface area contributed by atoms with Gasteiger partial charge in [-0.1, -0.05) is 0 Å². The third kappa shape index (κ3) is 5.70. The first-order valence-electron chi connectivity index (χ1n) is 11.4. The topological polar surface area (TPSA) is 106 Å². The normalized spacial score (nSPS) is 14.1. The fourth-order valence-electron chi connectivity index (χ4n) is 4.15. The van der Waals surface area contributed by atoms with Gasteiger partial charge in [0.25, 0.3) is 0 Å². The van der Waals surface area contributed by atoms with Crippen LogP contribution in [0.1, 0.15) is 19.3 Å². The van der Waals surface area contributed by atoms with E-state index in [9.17, 15) is 13.2 Å². The lowest BCUT2D eigenvalue weighted by Gasteiger charge is -2.15. The van der Waals surface area contributed by atoms with Gasteiger partial charge in [-0.15, -0.1) is 0 Å². The molecule has 0 aliphatic carbocycles. The van der Waals surface area contributed by atoms with Crippen molar-refractivity contribution >= 4 is 27.8 Å². The molecule has 192 valence electrons. The predicted octanol–water partition coefficient (Wildman–Crippen LogP) is 4.41. The van der Waals surface area contributed by atoms with Crippen molar-refractivity contribution in [3.63, 3.8) is 0 Å². The van der Waals surface area contributed by atoms with Crippen molar-refractivity contribution in [1.29, 1.82) is 0 Å². The van der Waals surface area contributed by atoms with Crippen LogP contribution in [0.5, 0.6) is 11.5 Å². The van der Waals surface area contributed by atoms with Gasteiger partial charge in [0.2, 0.25) is 0 Å². The third-order valence-electron chi connectivity index (χ3n) is 5.81. The molecule has 4 heterocycles. The van der Waals surface area contributed by atoms with Gasteiger partial charge in [-0.25, -0.2) is 14.5 Å². The van der Waals surface area contributed by atoms with Crippen LogP contribution in [0.15, 0.2) is 42.9 Å². The summed E-state index contributed by atoms with van der Waals surface area (Å²) in [6.45, 7) is 4.21. The first kappa shape index (κ1) is 25.3. The molecular formula is C24H26F3N5O4. The Morgan fingerprint density at radius 2 is 1.92 bits per heavy atom. The Kier molecular flexibility index (Phi) is 7.63. The zero-order chi connectivity index (χ0) is 25.7. The molecule has 1 aliphatic rings. The fourth-order valence-corrected chi connectivity index (χ4v) is 4.15. The number of nitrogens with zero attached hydrogens (tertiary/aromatic N) is 4. The second-order valence-corrected chi connectivity index (χ2v) is 8.24. The second-order valence-electron chi connectivity index (χ2n) is 8.24. The number of alkyl halides is 3. The van der Waals surface area contributed by atoms with E-state index in [4.69, 9.17) is 19.4 Å². The van der Waals surface area contributed by atoms with Crippen molar-refractivity contribution in [2.24, 2.45) is 0 Å². The highest BCUT2D eigenvalue weighted by atomic mass is 19.4. The maximum atomic E-state index is 10.6. The van der Waals surface area contributed by atoms with E-state index in [1.54, 1.807) is 24.2 Å². The lowest BCUT2D eigenvalue weighted by atomic mass is 10.1. The number of carboxylic acids is 1. The molecule has 1 aromatic carbocycles. The van der Waals surface area contributed by atoms with Crippen LogP contribution in [0, 0.1) is 0 Å². The molecule has 0 atom stereocenters. The van der Waals surface area contributed by atoms with Crippen LogP contribution in [-0.2, 0) is 4.79 Å². The minimum Gasteiger partial charge on any atom is -0.493 e. The molecule has 0 unspecified atom stereocenters. The number of aromatic nitrogens is 4. The lowest BCUT2D eigenvalue weighted by Crippen LogP contribution is -2.21. The molecule has 0 bridgehead atoms. The largest absolute Gasteiger partial charge is 0.493 e. The number of benzene rings is 1. The Labute approximate surface area is 204 Å². The highest BCUT2D eigenvalue weighted by Gasteiger charge is 2.38. The number of hydrogen-bond acceptors (Lipinski definition) is 6. The summed E-state index contributed by atoms with van der Waals surface area (Å²) >= 11 is 0. The Morgan fingerprint density at radius 1 is 1.17 bits per heavy atom. The minimum absolute atomic E-state index is 0.679. The Morgan fingerprint density at radius 3 is 2.56 bits per heavy atom. The standard InChI is InChI=1S/C22H25N5O2.C2HF3O2/c1-28-19-14-16-18(15-20(19)29-13-5-11-26-9-2-3-10-26)25-17-6-8-23-22(21(16)17)27-12-4-7-24-27;3-2(4,5)1(6)7/h4,6-8,12,14-15,25H,2-3,5,9-11,13H2,1H3;(H,6,7). The van der Waals surface area contributed by atoms with Crippen molar-refractivity contribution in [2.75, 3.05) is 33.4 Å². The number of carbonyl (C=O) groups is 1. The van der Waals surface area contributed by atoms with Crippen molar-refractivity contribution in [3.8, 4) is 17.3 Å². The van der Waals surface area contributed by atoms with E-state index in [-0.39, 0.29) is 0 Å². The summed E-state index contributed by atoms with van der Waals surface area (Å²) < 4.78 is 45.2. The van der Waals surface area contributed by atoms with E-state index in [1.807, 2.05) is 30.5 Å². The summed E-state index contributed by atoms with van der Waals surface area (Å²) in [5.41, 5.74) is 2.01. The van der Waals surface area contributed by atoms with Gasteiger partial charge in [-0.2, -0.15) is 18.3 Å². The van der Waals surface area contributed by atoms with Crippen LogP contribution in [0.25, 0.3) is 27.6 Å². The van der Waals surface area contributed by atoms with Crippen LogP contribution < -0.4 is 9.47 Å². The number of methoxy groups -OCH3 is 1. The van der Waals surface area contributed by atoms with Crippen LogP contribution >= 0.6 is 0 Å². The van der Waals surface area contributed by atoms with Crippen LogP contribution in [0.4, 0.5) is 13.2 Å². The number of likely N-dealkylation sites (tertiary alicyclic amines) is 1. The summed E-state index contributed by atoms with van der Waals surface area (Å²) in [5, 5.41) is 13.5. The molecule has 0 saturated carbocycles. The maximum Gasteiger partial charge on any atom is 0.490 e. The Bertz CT molecular complexity index is 1320. The molecule has 9 nitrogen and oxygen atoms in total. The minimum atomic E-state index is -5.08. The average Bonchev–Trinajstić information content (AvgIpc) is 3.62. The Hall–Kier alpha value is -3.80. The monoisotopic (exact) mass is 505 g/mol. The van der Waals surface area contributed by atoms with Gasteiger partial charge in [0, 0.05) is 36.6 Å². The molecule has 1 saturated heterocycles. The predicted molar refractivity (Wildman–Crippen MR) is 127 cm³/mol. The van der Waals surface area contributed by atoms with Crippen molar-refractivity contribution in [3.05, 3.63) is 42.9 Å². The van der Waals surface area contributed by atoms with Crippen LogP contribution in [0.2, 0.25) is 0 Å². The number of H-pyrrole nitrogens is 1. The van der Waals surface area contributed by atoms with Crippen molar-refractivity contribution in [2.45, 2.75) is 25.4 Å². The van der Waals surface area contributed by atoms with Crippen molar-refractivity contribution in [1.82, 2.24) is 24.6 Å². The van der Waals surface area contributed by atoms with E-state index in [0.29, 0.717) is 6.61 Å². The number of rotatable bonds is 7.